The Morgan fingerprint density at radius 1 is 1.13 bits per heavy atom. The van der Waals surface area contributed by atoms with Crippen LogP contribution in [-0.4, -0.2) is 15.0 Å². The Morgan fingerprint density at radius 2 is 2.00 bits per heavy atom. The largest absolute Gasteiger partial charge is 0.441 e. The smallest absolute Gasteiger partial charge is 0.218 e. The minimum absolute atomic E-state index is 0.0373. The number of hydrogen-bond acceptors (Lipinski definition) is 6. The third-order valence-electron chi connectivity index (χ3n) is 3.09. The Balaban J connectivity index is 1.68. The quantitative estimate of drug-likeness (QED) is 0.750. The molecule has 0 aliphatic heterocycles. The van der Waals surface area contributed by atoms with E-state index in [2.05, 4.69) is 41.0 Å². The van der Waals surface area contributed by atoms with Crippen molar-refractivity contribution in [2.75, 3.05) is 5.32 Å². The number of nitrogens with zero attached hydrogens (tertiary/aromatic N) is 3. The maximum absolute atomic E-state index is 5.73. The highest BCUT2D eigenvalue weighted by atomic mass is 32.1. The minimum atomic E-state index is -0.0373. The molecule has 0 saturated heterocycles. The number of anilines is 2. The maximum Gasteiger partial charge on any atom is 0.218 e. The van der Waals surface area contributed by atoms with Crippen LogP contribution in [0.4, 0.5) is 10.8 Å². The summed E-state index contributed by atoms with van der Waals surface area (Å²) in [5, 5.41) is 4.04. The van der Waals surface area contributed by atoms with Gasteiger partial charge in [0.05, 0.1) is 18.1 Å². The second kappa shape index (κ2) is 6.34. The summed E-state index contributed by atoms with van der Waals surface area (Å²) in [4.78, 5) is 13.7. The molecule has 0 spiro atoms. The molecule has 23 heavy (non-hydrogen) atoms. The summed E-state index contributed by atoms with van der Waals surface area (Å²) < 4.78 is 5.73. The van der Waals surface area contributed by atoms with Gasteiger partial charge in [-0.1, -0.05) is 32.1 Å². The third-order valence-corrected chi connectivity index (χ3v) is 3.97. The van der Waals surface area contributed by atoms with Crippen LogP contribution >= 0.6 is 11.3 Å². The normalized spacial score (nSPS) is 12.0. The maximum atomic E-state index is 5.73. The fourth-order valence-corrected chi connectivity index (χ4v) is 2.59. The average molecular weight is 326 g/mol. The molecule has 118 valence electrons. The molecule has 6 heteroatoms. The molecule has 1 N–H and O–H groups in total. The van der Waals surface area contributed by atoms with Gasteiger partial charge in [-0.05, 0) is 18.2 Å². The second-order valence-corrected chi connectivity index (χ2v) is 7.14. The number of rotatable bonds is 4. The lowest BCUT2D eigenvalue weighted by atomic mass is 9.94. The molecule has 0 saturated carbocycles. The second-order valence-electron chi connectivity index (χ2n) is 6.08. The van der Waals surface area contributed by atoms with Crippen LogP contribution in [-0.2, 0) is 5.41 Å². The fraction of sp³-hybridized carbons (Fsp3) is 0.235. The van der Waals surface area contributed by atoms with Gasteiger partial charge in [0.2, 0.25) is 5.89 Å². The molecular formula is C17H18N4OS. The van der Waals surface area contributed by atoms with Crippen molar-refractivity contribution < 1.29 is 4.42 Å². The molecule has 5 nitrogen and oxygen atoms in total. The highest BCUT2D eigenvalue weighted by Crippen LogP contribution is 2.25. The first-order chi connectivity index (χ1) is 11.0. The van der Waals surface area contributed by atoms with Crippen molar-refractivity contribution >= 4 is 34.3 Å². The lowest BCUT2D eigenvalue weighted by Crippen LogP contribution is -2.09. The molecule has 0 amide bonds. The molecule has 0 radical (unpaired) electrons. The van der Waals surface area contributed by atoms with E-state index in [-0.39, 0.29) is 5.41 Å². The van der Waals surface area contributed by atoms with Crippen LogP contribution in [0.15, 0.2) is 41.3 Å². The predicted molar refractivity (Wildman–Crippen MR) is 93.8 cm³/mol. The number of nitrogens with one attached hydrogen (secondary N) is 1. The van der Waals surface area contributed by atoms with Gasteiger partial charge in [-0.15, -0.1) is 0 Å². The SMILES string of the molecule is CC(C)(C)c1cnc(C=Cc2cnc(Nc3cccnc3)s2)o1. The fourth-order valence-electron chi connectivity index (χ4n) is 1.85. The number of hydrogen-bond donors (Lipinski definition) is 1. The van der Waals surface area contributed by atoms with Gasteiger partial charge in [0, 0.05) is 28.8 Å². The lowest BCUT2D eigenvalue weighted by molar-refractivity contribution is 0.403. The Kier molecular flexibility index (Phi) is 4.25. The van der Waals surface area contributed by atoms with Crippen LogP contribution in [0, 0.1) is 0 Å². The van der Waals surface area contributed by atoms with Gasteiger partial charge < -0.3 is 9.73 Å². The molecule has 3 rings (SSSR count). The highest BCUT2D eigenvalue weighted by molar-refractivity contribution is 7.16. The molecule has 0 fully saturated rings. The first kappa shape index (κ1) is 15.4. The van der Waals surface area contributed by atoms with E-state index in [4.69, 9.17) is 4.42 Å². The molecule has 0 bridgehead atoms. The number of oxazole rings is 1. The molecule has 0 atom stereocenters. The molecule has 0 aliphatic carbocycles. The van der Waals surface area contributed by atoms with E-state index < -0.39 is 0 Å². The first-order valence-corrected chi connectivity index (χ1v) is 8.10. The lowest BCUT2D eigenvalue weighted by Gasteiger charge is -2.12. The van der Waals surface area contributed by atoms with Gasteiger partial charge in [-0.25, -0.2) is 9.97 Å². The van der Waals surface area contributed by atoms with Crippen molar-refractivity contribution in [1.82, 2.24) is 15.0 Å². The van der Waals surface area contributed by atoms with Gasteiger partial charge in [0.1, 0.15) is 5.76 Å². The zero-order valence-corrected chi connectivity index (χ0v) is 14.1. The summed E-state index contributed by atoms with van der Waals surface area (Å²) in [7, 11) is 0. The Morgan fingerprint density at radius 3 is 2.70 bits per heavy atom. The molecule has 3 aromatic rings. The number of pyridine rings is 1. The standard InChI is InChI=1S/C17H18N4OS/c1-17(2,3)14-11-19-15(22-14)7-6-13-10-20-16(23-13)21-12-5-4-8-18-9-12/h4-11H,1-3H3,(H,20,21). The van der Waals surface area contributed by atoms with Crippen LogP contribution in [0.3, 0.4) is 0 Å². The van der Waals surface area contributed by atoms with Crippen LogP contribution < -0.4 is 5.32 Å². The molecule has 3 aromatic heterocycles. The van der Waals surface area contributed by atoms with Gasteiger partial charge >= 0.3 is 0 Å². The summed E-state index contributed by atoms with van der Waals surface area (Å²) in [6, 6.07) is 3.83. The van der Waals surface area contributed by atoms with E-state index in [0.717, 1.165) is 21.5 Å². The van der Waals surface area contributed by atoms with E-state index in [1.165, 1.54) is 0 Å². The van der Waals surface area contributed by atoms with E-state index in [1.807, 2.05) is 30.5 Å². The van der Waals surface area contributed by atoms with E-state index in [1.54, 1.807) is 29.9 Å². The predicted octanol–water partition coefficient (Wildman–Crippen LogP) is 4.74. The Hall–Kier alpha value is -2.47. The zero-order valence-electron chi connectivity index (χ0n) is 13.3. The van der Waals surface area contributed by atoms with Crippen molar-refractivity contribution in [2.24, 2.45) is 0 Å². The molecule has 0 unspecified atom stereocenters. The van der Waals surface area contributed by atoms with Crippen molar-refractivity contribution in [3.05, 3.63) is 53.4 Å². The average Bonchev–Trinajstić information content (AvgIpc) is 3.15. The summed E-state index contributed by atoms with van der Waals surface area (Å²) in [5.41, 5.74) is 0.879. The molecule has 3 heterocycles. The van der Waals surface area contributed by atoms with Crippen LogP contribution in [0.25, 0.3) is 12.2 Å². The van der Waals surface area contributed by atoms with Gasteiger partial charge in [0.25, 0.3) is 0 Å². The van der Waals surface area contributed by atoms with E-state index >= 15 is 0 Å². The van der Waals surface area contributed by atoms with Crippen LogP contribution in [0.5, 0.6) is 0 Å². The van der Waals surface area contributed by atoms with Crippen LogP contribution in [0.1, 0.15) is 37.3 Å². The van der Waals surface area contributed by atoms with Crippen molar-refractivity contribution in [3.63, 3.8) is 0 Å². The summed E-state index contributed by atoms with van der Waals surface area (Å²) >= 11 is 1.55. The minimum Gasteiger partial charge on any atom is -0.441 e. The van der Waals surface area contributed by atoms with E-state index in [0.29, 0.717) is 5.89 Å². The topological polar surface area (TPSA) is 63.8 Å². The van der Waals surface area contributed by atoms with E-state index in [9.17, 15) is 0 Å². The van der Waals surface area contributed by atoms with Crippen molar-refractivity contribution in [3.8, 4) is 0 Å². The summed E-state index contributed by atoms with van der Waals surface area (Å²) in [6.45, 7) is 6.29. The highest BCUT2D eigenvalue weighted by Gasteiger charge is 2.18. The van der Waals surface area contributed by atoms with Gasteiger partial charge in [0.15, 0.2) is 5.13 Å². The zero-order chi connectivity index (χ0) is 16.3. The Labute approximate surface area is 139 Å². The van der Waals surface area contributed by atoms with Crippen LogP contribution in [0.2, 0.25) is 0 Å². The van der Waals surface area contributed by atoms with Crippen molar-refractivity contribution in [1.29, 1.82) is 0 Å². The molecule has 0 aromatic carbocycles. The summed E-state index contributed by atoms with van der Waals surface area (Å²) in [6.07, 6.45) is 10.9. The first-order valence-electron chi connectivity index (χ1n) is 7.28. The monoisotopic (exact) mass is 326 g/mol. The van der Waals surface area contributed by atoms with Gasteiger partial charge in [-0.2, -0.15) is 0 Å². The van der Waals surface area contributed by atoms with Gasteiger partial charge in [-0.3, -0.25) is 4.98 Å². The van der Waals surface area contributed by atoms with Crippen molar-refractivity contribution in [2.45, 2.75) is 26.2 Å². The summed E-state index contributed by atoms with van der Waals surface area (Å²) in [5.74, 6) is 1.48. The number of thiazole rings is 1. The Bertz CT molecular complexity index is 799. The number of aromatic nitrogens is 3. The molecular weight excluding hydrogens is 308 g/mol. The molecule has 0 aliphatic rings. The third kappa shape index (κ3) is 4.04.